The molecule has 0 unspecified atom stereocenters. The number of anilines is 2. The lowest BCUT2D eigenvalue weighted by atomic mass is 10.1. The van der Waals surface area contributed by atoms with Gasteiger partial charge in [0.15, 0.2) is 6.61 Å². The second-order valence-electron chi connectivity index (χ2n) is 6.36. The summed E-state index contributed by atoms with van der Waals surface area (Å²) in [5.41, 5.74) is 2.55. The number of ether oxygens (including phenoxy) is 1. The number of hydrogen-bond acceptors (Lipinski definition) is 6. The monoisotopic (exact) mass is 412 g/mol. The molecule has 0 aliphatic rings. The van der Waals surface area contributed by atoms with Crippen molar-refractivity contribution in [2.45, 2.75) is 18.7 Å². The van der Waals surface area contributed by atoms with Crippen LogP contribution < -0.4 is 14.8 Å². The molecule has 0 atom stereocenters. The van der Waals surface area contributed by atoms with Gasteiger partial charge in [0.25, 0.3) is 15.9 Å². The molecule has 0 aliphatic heterocycles. The highest BCUT2D eigenvalue weighted by atomic mass is 32.2. The summed E-state index contributed by atoms with van der Waals surface area (Å²) < 4.78 is 32.5. The number of aromatic nitrogens is 2. The Morgan fingerprint density at radius 3 is 2.24 bits per heavy atom. The van der Waals surface area contributed by atoms with Gasteiger partial charge in [-0.25, -0.2) is 23.1 Å². The number of benzene rings is 2. The number of hydrogen-bond donors (Lipinski definition) is 2. The average Bonchev–Trinajstić information content (AvgIpc) is 2.66. The van der Waals surface area contributed by atoms with Crippen molar-refractivity contribution in [1.82, 2.24) is 9.97 Å². The van der Waals surface area contributed by atoms with Gasteiger partial charge in [-0.2, -0.15) is 0 Å². The predicted octanol–water partition coefficient (Wildman–Crippen LogP) is 2.91. The molecular formula is C20H20N4O4S. The maximum Gasteiger partial charge on any atom is 0.264 e. The molecule has 8 nitrogen and oxygen atoms in total. The van der Waals surface area contributed by atoms with E-state index >= 15 is 0 Å². The summed E-state index contributed by atoms with van der Waals surface area (Å²) in [5.74, 6) is 0.247. The van der Waals surface area contributed by atoms with Crippen molar-refractivity contribution < 1.29 is 17.9 Å². The highest BCUT2D eigenvalue weighted by Crippen LogP contribution is 2.18. The Kier molecular flexibility index (Phi) is 6.08. The maximum atomic E-state index is 12.4. The van der Waals surface area contributed by atoms with Crippen molar-refractivity contribution in [3.8, 4) is 5.75 Å². The molecular weight excluding hydrogens is 392 g/mol. The molecule has 0 spiro atoms. The first-order valence-electron chi connectivity index (χ1n) is 8.73. The van der Waals surface area contributed by atoms with Crippen LogP contribution in [0.25, 0.3) is 0 Å². The quantitative estimate of drug-likeness (QED) is 0.617. The van der Waals surface area contributed by atoms with Crippen LogP contribution in [0.2, 0.25) is 0 Å². The predicted molar refractivity (Wildman–Crippen MR) is 109 cm³/mol. The van der Waals surface area contributed by atoms with Gasteiger partial charge in [-0.3, -0.25) is 4.79 Å². The van der Waals surface area contributed by atoms with Crippen LogP contribution in [0.15, 0.2) is 65.8 Å². The van der Waals surface area contributed by atoms with Crippen LogP contribution in [-0.4, -0.2) is 30.9 Å². The van der Waals surface area contributed by atoms with E-state index in [2.05, 4.69) is 20.0 Å². The molecule has 2 N–H and O–H groups in total. The van der Waals surface area contributed by atoms with Gasteiger partial charge in [0.05, 0.1) is 4.90 Å². The molecule has 0 saturated heterocycles. The fourth-order valence-electron chi connectivity index (χ4n) is 2.61. The van der Waals surface area contributed by atoms with E-state index in [1.54, 1.807) is 6.07 Å². The Balaban J connectivity index is 1.59. The van der Waals surface area contributed by atoms with E-state index in [0.717, 1.165) is 11.1 Å². The summed E-state index contributed by atoms with van der Waals surface area (Å²) in [6.45, 7) is 3.75. The number of nitrogens with zero attached hydrogens (tertiary/aromatic N) is 2. The molecule has 3 aromatic rings. The lowest BCUT2D eigenvalue weighted by Gasteiger charge is -2.10. The summed E-state index contributed by atoms with van der Waals surface area (Å²) in [6, 6.07) is 13.1. The lowest BCUT2D eigenvalue weighted by Crippen LogP contribution is -2.20. The molecule has 2 aromatic carbocycles. The van der Waals surface area contributed by atoms with E-state index in [0.29, 0.717) is 11.4 Å². The second kappa shape index (κ2) is 8.70. The molecule has 1 amide bonds. The second-order valence-corrected chi connectivity index (χ2v) is 8.04. The fourth-order valence-corrected chi connectivity index (χ4v) is 3.57. The molecule has 0 saturated carbocycles. The van der Waals surface area contributed by atoms with Gasteiger partial charge in [0, 0.05) is 18.1 Å². The van der Waals surface area contributed by atoms with Gasteiger partial charge in [0.1, 0.15) is 5.75 Å². The first-order chi connectivity index (χ1) is 13.8. The van der Waals surface area contributed by atoms with Crippen molar-refractivity contribution in [2.24, 2.45) is 0 Å². The lowest BCUT2D eigenvalue weighted by molar-refractivity contribution is -0.118. The highest BCUT2D eigenvalue weighted by molar-refractivity contribution is 7.92. The zero-order chi connectivity index (χ0) is 20.9. The molecule has 0 bridgehead atoms. The van der Waals surface area contributed by atoms with E-state index in [4.69, 9.17) is 4.74 Å². The summed E-state index contributed by atoms with van der Waals surface area (Å²) in [5, 5.41) is 2.67. The van der Waals surface area contributed by atoms with Crippen molar-refractivity contribution in [3.63, 3.8) is 0 Å². The number of carbonyl (C=O) groups excluding carboxylic acids is 1. The Hall–Kier alpha value is -3.46. The van der Waals surface area contributed by atoms with Crippen molar-refractivity contribution in [1.29, 1.82) is 0 Å². The van der Waals surface area contributed by atoms with Crippen LogP contribution in [0.1, 0.15) is 11.1 Å². The van der Waals surface area contributed by atoms with Gasteiger partial charge in [0.2, 0.25) is 5.95 Å². The molecule has 0 radical (unpaired) electrons. The number of sulfonamides is 1. The van der Waals surface area contributed by atoms with Gasteiger partial charge in [-0.15, -0.1) is 0 Å². The number of rotatable bonds is 7. The number of carbonyl (C=O) groups is 1. The highest BCUT2D eigenvalue weighted by Gasteiger charge is 2.15. The summed E-state index contributed by atoms with van der Waals surface area (Å²) >= 11 is 0. The Morgan fingerprint density at radius 1 is 1.00 bits per heavy atom. The maximum absolute atomic E-state index is 12.4. The average molecular weight is 412 g/mol. The van der Waals surface area contributed by atoms with E-state index in [1.807, 2.05) is 32.0 Å². The van der Waals surface area contributed by atoms with E-state index in [1.165, 1.54) is 36.7 Å². The van der Waals surface area contributed by atoms with Crippen LogP contribution in [-0.2, 0) is 14.8 Å². The van der Waals surface area contributed by atoms with Gasteiger partial charge < -0.3 is 10.1 Å². The van der Waals surface area contributed by atoms with Crippen molar-refractivity contribution in [2.75, 3.05) is 16.6 Å². The zero-order valence-corrected chi connectivity index (χ0v) is 16.7. The summed E-state index contributed by atoms with van der Waals surface area (Å²) in [6.07, 6.45) is 2.87. The minimum atomic E-state index is -3.83. The Morgan fingerprint density at radius 2 is 1.62 bits per heavy atom. The standard InChI is InChI=1S/C20H20N4O4S/c1-14-10-15(2)12-17(11-14)28-13-19(25)23-16-4-6-18(7-5-16)29(26,27)24-20-21-8-3-9-22-20/h3-12H,13H2,1-2H3,(H,23,25)(H,21,22,24). The van der Waals surface area contributed by atoms with Gasteiger partial charge in [-0.1, -0.05) is 6.07 Å². The minimum absolute atomic E-state index is 0.0200. The first-order valence-corrected chi connectivity index (χ1v) is 10.2. The third-order valence-electron chi connectivity index (χ3n) is 3.80. The van der Waals surface area contributed by atoms with Crippen molar-refractivity contribution >= 4 is 27.6 Å². The van der Waals surface area contributed by atoms with Crippen LogP contribution in [0.3, 0.4) is 0 Å². The number of nitrogens with one attached hydrogen (secondary N) is 2. The molecule has 0 aliphatic carbocycles. The van der Waals surface area contributed by atoms with E-state index in [9.17, 15) is 13.2 Å². The smallest absolute Gasteiger partial charge is 0.264 e. The third-order valence-corrected chi connectivity index (χ3v) is 5.15. The number of aryl methyl sites for hydroxylation is 2. The number of amides is 1. The third kappa shape index (κ3) is 5.76. The summed E-state index contributed by atoms with van der Waals surface area (Å²) in [4.78, 5) is 19.8. The normalized spacial score (nSPS) is 11.0. The van der Waals surface area contributed by atoms with Crippen LogP contribution in [0, 0.1) is 13.8 Å². The minimum Gasteiger partial charge on any atom is -0.484 e. The zero-order valence-electron chi connectivity index (χ0n) is 15.9. The van der Waals surface area contributed by atoms with Crippen LogP contribution >= 0.6 is 0 Å². The van der Waals surface area contributed by atoms with Crippen molar-refractivity contribution in [3.05, 3.63) is 72.1 Å². The molecule has 0 fully saturated rings. The molecule has 150 valence electrons. The fraction of sp³-hybridized carbons (Fsp3) is 0.150. The molecule has 3 rings (SSSR count). The van der Waals surface area contributed by atoms with Crippen LogP contribution in [0.5, 0.6) is 5.75 Å². The Labute approximate surface area is 169 Å². The largest absolute Gasteiger partial charge is 0.484 e. The van der Waals surface area contributed by atoms with E-state index in [-0.39, 0.29) is 23.4 Å². The molecule has 29 heavy (non-hydrogen) atoms. The Bertz CT molecular complexity index is 1080. The van der Waals surface area contributed by atoms with Gasteiger partial charge in [-0.05, 0) is 67.4 Å². The van der Waals surface area contributed by atoms with E-state index < -0.39 is 10.0 Å². The first kappa shape index (κ1) is 20.3. The summed E-state index contributed by atoms with van der Waals surface area (Å²) in [7, 11) is -3.83. The molecule has 1 heterocycles. The topological polar surface area (TPSA) is 110 Å². The molecule has 9 heteroatoms. The van der Waals surface area contributed by atoms with Crippen LogP contribution in [0.4, 0.5) is 11.6 Å². The molecule has 1 aromatic heterocycles. The van der Waals surface area contributed by atoms with Gasteiger partial charge >= 0.3 is 0 Å². The SMILES string of the molecule is Cc1cc(C)cc(OCC(=O)Nc2ccc(S(=O)(=O)Nc3ncccn3)cc2)c1.